The zero-order valence-electron chi connectivity index (χ0n) is 31.8. The first-order chi connectivity index (χ1) is 26.7. The van der Waals surface area contributed by atoms with E-state index >= 15 is 0 Å². The van der Waals surface area contributed by atoms with Crippen molar-refractivity contribution in [2.45, 2.75) is 64.9 Å². The van der Waals surface area contributed by atoms with E-state index in [2.05, 4.69) is 13.2 Å². The predicted molar refractivity (Wildman–Crippen MR) is 203 cm³/mol. The fourth-order valence-corrected chi connectivity index (χ4v) is 6.75. The molecule has 300 valence electrons. The van der Waals surface area contributed by atoms with Crippen molar-refractivity contribution >= 4 is 35.0 Å². The van der Waals surface area contributed by atoms with Gasteiger partial charge in [-0.05, 0) is 97.0 Å². The molecule has 7 nitrogen and oxygen atoms in total. The number of halogens is 6. The molecule has 0 heterocycles. The SMILES string of the molecule is C=C(C)C(=O)OCCC1(CCOC(=O)C(=C)C)c2ccccc2-c2ccc(N(c3ccc(COC(=O)C(C)C)cc3)c3ccc(C(F)(F)F)cc3C(F)(F)F)cc21. The smallest absolute Gasteiger partial charge is 0.418 e. The Balaban J connectivity index is 1.72. The number of fused-ring (bicyclic) bond motifs is 3. The standard InChI is InChI=1S/C44H41F6NO6/c1-26(2)39(52)55-21-19-42(20-22-56-40(53)27(3)4)35-10-8-7-9-33(35)34-17-16-32(24-36(34)42)51(31-14-11-29(12-15-31)25-57-41(54)28(5)6)38-18-13-30(43(45,46)47)23-37(38)44(48,49)50/h7-18,23-24,28H,1,3,19-22,25H2,2,4-6H3. The van der Waals surface area contributed by atoms with Crippen LogP contribution in [0.1, 0.15) is 68.4 Å². The molecule has 0 unspecified atom stereocenters. The van der Waals surface area contributed by atoms with Crippen molar-refractivity contribution in [3.05, 3.63) is 137 Å². The Kier molecular flexibility index (Phi) is 12.4. The molecule has 0 aromatic heterocycles. The van der Waals surface area contributed by atoms with Gasteiger partial charge in [0.05, 0.1) is 35.9 Å². The molecule has 0 atom stereocenters. The van der Waals surface area contributed by atoms with E-state index in [-0.39, 0.29) is 61.2 Å². The largest absolute Gasteiger partial charge is 0.462 e. The summed E-state index contributed by atoms with van der Waals surface area (Å²) in [7, 11) is 0. The molecule has 57 heavy (non-hydrogen) atoms. The summed E-state index contributed by atoms with van der Waals surface area (Å²) >= 11 is 0. The first-order valence-corrected chi connectivity index (χ1v) is 18.0. The van der Waals surface area contributed by atoms with Crippen molar-refractivity contribution in [2.75, 3.05) is 18.1 Å². The number of alkyl halides is 6. The zero-order chi connectivity index (χ0) is 41.9. The van der Waals surface area contributed by atoms with E-state index < -0.39 is 58.4 Å². The van der Waals surface area contributed by atoms with Gasteiger partial charge >= 0.3 is 30.3 Å². The lowest BCUT2D eigenvalue weighted by atomic mass is 9.73. The molecular formula is C44H41F6NO6. The highest BCUT2D eigenvalue weighted by molar-refractivity contribution is 5.88. The summed E-state index contributed by atoms with van der Waals surface area (Å²) in [4.78, 5) is 38.3. The summed E-state index contributed by atoms with van der Waals surface area (Å²) in [6.07, 6.45) is -9.96. The van der Waals surface area contributed by atoms with E-state index in [9.17, 15) is 40.7 Å². The van der Waals surface area contributed by atoms with Gasteiger partial charge in [0.15, 0.2) is 0 Å². The van der Waals surface area contributed by atoms with Crippen LogP contribution in [0.2, 0.25) is 0 Å². The fourth-order valence-electron chi connectivity index (χ4n) is 6.75. The topological polar surface area (TPSA) is 82.1 Å². The van der Waals surface area contributed by atoms with Crippen molar-refractivity contribution in [2.24, 2.45) is 5.92 Å². The number of nitrogens with zero attached hydrogens (tertiary/aromatic N) is 1. The number of anilines is 3. The van der Waals surface area contributed by atoms with Crippen molar-refractivity contribution in [3.8, 4) is 11.1 Å². The number of hydrogen-bond donors (Lipinski definition) is 0. The predicted octanol–water partition coefficient (Wildman–Crippen LogP) is 11.2. The van der Waals surface area contributed by atoms with Gasteiger partial charge in [0.25, 0.3) is 0 Å². The molecule has 0 spiro atoms. The van der Waals surface area contributed by atoms with Gasteiger partial charge < -0.3 is 19.1 Å². The Bertz CT molecular complexity index is 2160. The summed E-state index contributed by atoms with van der Waals surface area (Å²) in [5, 5.41) is 0. The third kappa shape index (κ3) is 9.24. The van der Waals surface area contributed by atoms with Crippen LogP contribution in [-0.2, 0) is 53.0 Å². The van der Waals surface area contributed by atoms with Gasteiger partial charge in [-0.15, -0.1) is 0 Å². The maximum absolute atomic E-state index is 14.8. The maximum Gasteiger partial charge on any atom is 0.418 e. The molecule has 1 aliphatic rings. The van der Waals surface area contributed by atoms with Gasteiger partial charge in [-0.1, -0.05) is 69.5 Å². The fraction of sp³-hybridized carbons (Fsp3) is 0.295. The van der Waals surface area contributed by atoms with E-state index in [0.29, 0.717) is 22.8 Å². The van der Waals surface area contributed by atoms with Gasteiger partial charge in [0.2, 0.25) is 0 Å². The number of benzene rings is 4. The molecule has 0 amide bonds. The number of ether oxygens (including phenoxy) is 3. The minimum atomic E-state index is -5.21. The van der Waals surface area contributed by atoms with E-state index in [1.807, 2.05) is 24.3 Å². The van der Waals surface area contributed by atoms with Crippen LogP contribution < -0.4 is 4.90 Å². The van der Waals surface area contributed by atoms with Crippen LogP contribution in [0.3, 0.4) is 0 Å². The highest BCUT2D eigenvalue weighted by Gasteiger charge is 2.44. The van der Waals surface area contributed by atoms with Crippen LogP contribution in [0.25, 0.3) is 11.1 Å². The van der Waals surface area contributed by atoms with E-state index in [0.717, 1.165) is 17.2 Å². The molecule has 0 saturated carbocycles. The average Bonchev–Trinajstić information content (AvgIpc) is 3.42. The summed E-state index contributed by atoms with van der Waals surface area (Å²) in [5.41, 5.74) is -0.556. The highest BCUT2D eigenvalue weighted by atomic mass is 19.4. The monoisotopic (exact) mass is 793 g/mol. The van der Waals surface area contributed by atoms with Crippen molar-refractivity contribution in [3.63, 3.8) is 0 Å². The molecule has 0 fully saturated rings. The summed E-state index contributed by atoms with van der Waals surface area (Å²) in [6, 6.07) is 19.9. The number of rotatable bonds is 14. The second-order valence-electron chi connectivity index (χ2n) is 14.2. The normalized spacial score (nSPS) is 13.0. The number of carbonyl (C=O) groups excluding carboxylic acids is 3. The van der Waals surface area contributed by atoms with E-state index in [1.54, 1.807) is 44.2 Å². The molecule has 4 aromatic carbocycles. The second kappa shape index (κ2) is 16.7. The van der Waals surface area contributed by atoms with Gasteiger partial charge in [-0.2, -0.15) is 26.3 Å². The highest BCUT2D eigenvalue weighted by Crippen LogP contribution is 2.55. The van der Waals surface area contributed by atoms with Gasteiger partial charge in [-0.3, -0.25) is 4.79 Å². The van der Waals surface area contributed by atoms with Crippen LogP contribution >= 0.6 is 0 Å². The van der Waals surface area contributed by atoms with Crippen molar-refractivity contribution in [1.82, 2.24) is 0 Å². The van der Waals surface area contributed by atoms with Gasteiger partial charge in [0, 0.05) is 27.9 Å². The lowest BCUT2D eigenvalue weighted by Gasteiger charge is -2.34. The van der Waals surface area contributed by atoms with Crippen LogP contribution in [0.5, 0.6) is 0 Å². The number of esters is 3. The lowest BCUT2D eigenvalue weighted by molar-refractivity contribution is -0.148. The minimum absolute atomic E-state index is 0.0848. The molecule has 1 aliphatic carbocycles. The van der Waals surface area contributed by atoms with Crippen molar-refractivity contribution < 1.29 is 54.9 Å². The van der Waals surface area contributed by atoms with Crippen LogP contribution in [0.15, 0.2) is 109 Å². The molecule has 13 heteroatoms. The Morgan fingerprint density at radius 1 is 0.684 bits per heavy atom. The molecule has 0 radical (unpaired) electrons. The Morgan fingerprint density at radius 2 is 1.25 bits per heavy atom. The minimum Gasteiger partial charge on any atom is -0.462 e. The third-order valence-electron chi connectivity index (χ3n) is 9.65. The van der Waals surface area contributed by atoms with Crippen LogP contribution in [0.4, 0.5) is 43.4 Å². The van der Waals surface area contributed by atoms with E-state index in [1.165, 1.54) is 30.9 Å². The molecule has 0 bridgehead atoms. The zero-order valence-corrected chi connectivity index (χ0v) is 31.8. The third-order valence-corrected chi connectivity index (χ3v) is 9.65. The molecule has 0 N–H and O–H groups in total. The average molecular weight is 794 g/mol. The van der Waals surface area contributed by atoms with Gasteiger partial charge in [0.1, 0.15) is 6.61 Å². The molecule has 0 aliphatic heterocycles. The first-order valence-electron chi connectivity index (χ1n) is 18.0. The summed E-state index contributed by atoms with van der Waals surface area (Å²) in [5.74, 6) is -2.11. The Hall–Kier alpha value is -5.85. The van der Waals surface area contributed by atoms with Gasteiger partial charge in [-0.25, -0.2) is 9.59 Å². The molecular weight excluding hydrogens is 752 g/mol. The molecule has 5 rings (SSSR count). The Labute approximate surface area is 326 Å². The summed E-state index contributed by atoms with van der Waals surface area (Å²) < 4.78 is 102. The molecule has 4 aromatic rings. The second-order valence-corrected chi connectivity index (χ2v) is 14.2. The number of hydrogen-bond acceptors (Lipinski definition) is 7. The first kappa shape index (κ1) is 42.3. The number of carbonyl (C=O) groups is 3. The van der Waals surface area contributed by atoms with Crippen LogP contribution in [-0.4, -0.2) is 31.1 Å². The van der Waals surface area contributed by atoms with E-state index in [4.69, 9.17) is 14.2 Å². The summed E-state index contributed by atoms with van der Waals surface area (Å²) in [6.45, 7) is 13.3. The van der Waals surface area contributed by atoms with Crippen LogP contribution in [0, 0.1) is 5.92 Å². The Morgan fingerprint density at radius 3 is 1.79 bits per heavy atom. The maximum atomic E-state index is 14.8. The lowest BCUT2D eigenvalue weighted by Crippen LogP contribution is -2.30. The van der Waals surface area contributed by atoms with Crippen molar-refractivity contribution in [1.29, 1.82) is 0 Å². The molecule has 0 saturated heterocycles. The quantitative estimate of drug-likeness (QED) is 0.0544.